The second-order valence-electron chi connectivity index (χ2n) is 3.22. The maximum atomic E-state index is 10.9. The third-order valence-corrected chi connectivity index (χ3v) is 2.02. The van der Waals surface area contributed by atoms with Crippen molar-refractivity contribution in [1.82, 2.24) is 0 Å². The van der Waals surface area contributed by atoms with Gasteiger partial charge in [0.05, 0.1) is 14.2 Å². The smallest absolute Gasteiger partial charge is 0.308 e. The standard InChI is InChI=1S/C11H14O6/c1-6(12)17-9-5-7(11(13)14)4-8(15-2)10(9)16-3/h4-5,11,13-14H,1-3H3. The normalized spacial score (nSPS) is 10.2. The monoisotopic (exact) mass is 242 g/mol. The molecule has 0 radical (unpaired) electrons. The van der Waals surface area contributed by atoms with Crippen molar-refractivity contribution in [3.05, 3.63) is 17.7 Å². The van der Waals surface area contributed by atoms with E-state index in [2.05, 4.69) is 0 Å². The minimum atomic E-state index is -1.69. The maximum absolute atomic E-state index is 10.9. The Morgan fingerprint density at radius 3 is 2.18 bits per heavy atom. The Kier molecular flexibility index (Phi) is 4.30. The predicted molar refractivity (Wildman–Crippen MR) is 58.0 cm³/mol. The minimum Gasteiger partial charge on any atom is -0.493 e. The molecule has 1 aromatic rings. The van der Waals surface area contributed by atoms with Gasteiger partial charge in [0, 0.05) is 12.5 Å². The molecule has 0 heterocycles. The van der Waals surface area contributed by atoms with Crippen molar-refractivity contribution in [3.8, 4) is 17.2 Å². The first-order valence-corrected chi connectivity index (χ1v) is 4.80. The fourth-order valence-corrected chi connectivity index (χ4v) is 1.33. The van der Waals surface area contributed by atoms with Crippen LogP contribution in [0.15, 0.2) is 12.1 Å². The quantitative estimate of drug-likeness (QED) is 0.457. The molecule has 0 unspecified atom stereocenters. The molecule has 0 fully saturated rings. The summed E-state index contributed by atoms with van der Waals surface area (Å²) >= 11 is 0. The average Bonchev–Trinajstić information content (AvgIpc) is 2.26. The van der Waals surface area contributed by atoms with Crippen molar-refractivity contribution in [1.29, 1.82) is 0 Å². The third-order valence-electron chi connectivity index (χ3n) is 2.02. The lowest BCUT2D eigenvalue weighted by Gasteiger charge is -2.14. The van der Waals surface area contributed by atoms with Crippen LogP contribution in [0.25, 0.3) is 0 Å². The van der Waals surface area contributed by atoms with Crippen LogP contribution in [0, 0.1) is 0 Å². The summed E-state index contributed by atoms with van der Waals surface area (Å²) in [5, 5.41) is 18.2. The Bertz CT molecular complexity index is 413. The van der Waals surface area contributed by atoms with Gasteiger partial charge in [-0.2, -0.15) is 0 Å². The second kappa shape index (κ2) is 5.51. The molecule has 17 heavy (non-hydrogen) atoms. The van der Waals surface area contributed by atoms with Crippen LogP contribution in [-0.2, 0) is 4.79 Å². The van der Waals surface area contributed by atoms with Gasteiger partial charge in [0.2, 0.25) is 5.75 Å². The van der Waals surface area contributed by atoms with E-state index >= 15 is 0 Å². The molecule has 6 heteroatoms. The second-order valence-corrected chi connectivity index (χ2v) is 3.22. The van der Waals surface area contributed by atoms with Gasteiger partial charge >= 0.3 is 5.97 Å². The first-order valence-electron chi connectivity index (χ1n) is 4.80. The molecule has 0 aliphatic rings. The number of esters is 1. The van der Waals surface area contributed by atoms with E-state index in [0.29, 0.717) is 0 Å². The van der Waals surface area contributed by atoms with E-state index in [9.17, 15) is 4.79 Å². The summed E-state index contributed by atoms with van der Waals surface area (Å²) in [4.78, 5) is 10.9. The molecule has 1 aromatic carbocycles. The van der Waals surface area contributed by atoms with E-state index in [1.165, 1.54) is 33.3 Å². The molecular weight excluding hydrogens is 228 g/mol. The van der Waals surface area contributed by atoms with E-state index in [1.807, 2.05) is 0 Å². The molecule has 0 bridgehead atoms. The SMILES string of the molecule is COc1cc(C(O)O)cc(OC(C)=O)c1OC. The summed E-state index contributed by atoms with van der Waals surface area (Å²) in [6.07, 6.45) is -1.69. The van der Waals surface area contributed by atoms with Crippen LogP contribution < -0.4 is 14.2 Å². The number of benzene rings is 1. The first-order chi connectivity index (χ1) is 7.99. The molecule has 0 saturated carbocycles. The van der Waals surface area contributed by atoms with Crippen LogP contribution in [0.1, 0.15) is 18.8 Å². The maximum Gasteiger partial charge on any atom is 0.308 e. The first kappa shape index (κ1) is 13.3. The zero-order valence-electron chi connectivity index (χ0n) is 9.76. The van der Waals surface area contributed by atoms with Crippen molar-refractivity contribution in [2.75, 3.05) is 14.2 Å². The van der Waals surface area contributed by atoms with Crippen LogP contribution in [0.2, 0.25) is 0 Å². The van der Waals surface area contributed by atoms with Gasteiger partial charge in [-0.3, -0.25) is 4.79 Å². The number of carbonyl (C=O) groups is 1. The van der Waals surface area contributed by atoms with Crippen LogP contribution in [0.5, 0.6) is 17.2 Å². The zero-order valence-corrected chi connectivity index (χ0v) is 9.76. The fourth-order valence-electron chi connectivity index (χ4n) is 1.33. The summed E-state index contributed by atoms with van der Waals surface area (Å²) in [5.74, 6) is -0.0150. The van der Waals surface area contributed by atoms with Gasteiger partial charge in [0.15, 0.2) is 17.8 Å². The van der Waals surface area contributed by atoms with E-state index < -0.39 is 12.3 Å². The lowest BCUT2D eigenvalue weighted by molar-refractivity contribution is -0.132. The molecule has 6 nitrogen and oxygen atoms in total. The van der Waals surface area contributed by atoms with Crippen molar-refractivity contribution < 1.29 is 29.2 Å². The highest BCUT2D eigenvalue weighted by molar-refractivity contribution is 5.71. The molecule has 0 spiro atoms. The molecule has 0 saturated heterocycles. The number of hydrogen-bond donors (Lipinski definition) is 2. The number of aliphatic hydroxyl groups excluding tert-OH is 1. The highest BCUT2D eigenvalue weighted by Gasteiger charge is 2.17. The third kappa shape index (κ3) is 3.08. The van der Waals surface area contributed by atoms with Crippen LogP contribution >= 0.6 is 0 Å². The number of ether oxygens (including phenoxy) is 3. The fraction of sp³-hybridized carbons (Fsp3) is 0.364. The van der Waals surface area contributed by atoms with E-state index in [4.69, 9.17) is 24.4 Å². The van der Waals surface area contributed by atoms with E-state index in [1.54, 1.807) is 0 Å². The van der Waals surface area contributed by atoms with Gasteiger partial charge in [-0.25, -0.2) is 0 Å². The Morgan fingerprint density at radius 1 is 1.18 bits per heavy atom. The van der Waals surface area contributed by atoms with Crippen LogP contribution in [0.3, 0.4) is 0 Å². The topological polar surface area (TPSA) is 85.2 Å². The summed E-state index contributed by atoms with van der Waals surface area (Å²) in [6, 6.07) is 2.68. The molecule has 0 aliphatic heterocycles. The molecule has 1 rings (SSSR count). The average molecular weight is 242 g/mol. The van der Waals surface area contributed by atoms with Gasteiger partial charge in [0.25, 0.3) is 0 Å². The molecule has 94 valence electrons. The molecular formula is C11H14O6. The molecule has 2 N–H and O–H groups in total. The van der Waals surface area contributed by atoms with Crippen molar-refractivity contribution in [2.24, 2.45) is 0 Å². The Morgan fingerprint density at radius 2 is 1.76 bits per heavy atom. The van der Waals surface area contributed by atoms with Gasteiger partial charge in [-0.15, -0.1) is 0 Å². The summed E-state index contributed by atoms with van der Waals surface area (Å²) in [7, 11) is 2.78. The highest BCUT2D eigenvalue weighted by atomic mass is 16.6. The van der Waals surface area contributed by atoms with Crippen LogP contribution in [0.4, 0.5) is 0 Å². The summed E-state index contributed by atoms with van der Waals surface area (Å²) in [5.41, 5.74) is 0.138. The lowest BCUT2D eigenvalue weighted by atomic mass is 10.1. The zero-order chi connectivity index (χ0) is 13.0. The number of hydrogen-bond acceptors (Lipinski definition) is 6. The highest BCUT2D eigenvalue weighted by Crippen LogP contribution is 2.39. The van der Waals surface area contributed by atoms with Crippen molar-refractivity contribution >= 4 is 5.97 Å². The van der Waals surface area contributed by atoms with Crippen molar-refractivity contribution in [2.45, 2.75) is 13.2 Å². The predicted octanol–water partition coefficient (Wildman–Crippen LogP) is 0.612. The molecule has 0 aromatic heterocycles. The van der Waals surface area contributed by atoms with Gasteiger partial charge < -0.3 is 24.4 Å². The molecule has 0 amide bonds. The van der Waals surface area contributed by atoms with Gasteiger partial charge in [-0.05, 0) is 12.1 Å². The minimum absolute atomic E-state index is 0.0717. The number of aliphatic hydroxyl groups is 2. The summed E-state index contributed by atoms with van der Waals surface area (Å²) in [6.45, 7) is 1.23. The lowest BCUT2D eigenvalue weighted by Crippen LogP contribution is -2.06. The Hall–Kier alpha value is -1.79. The molecule has 0 aliphatic carbocycles. The Labute approximate surface area is 98.3 Å². The van der Waals surface area contributed by atoms with Crippen molar-refractivity contribution in [3.63, 3.8) is 0 Å². The van der Waals surface area contributed by atoms with Crippen LogP contribution in [-0.4, -0.2) is 30.4 Å². The van der Waals surface area contributed by atoms with E-state index in [0.717, 1.165) is 0 Å². The number of carbonyl (C=O) groups excluding carboxylic acids is 1. The summed E-state index contributed by atoms with van der Waals surface area (Å²) < 4.78 is 15.0. The largest absolute Gasteiger partial charge is 0.493 e. The number of rotatable bonds is 4. The van der Waals surface area contributed by atoms with E-state index in [-0.39, 0.29) is 22.8 Å². The number of methoxy groups -OCH3 is 2. The molecule has 0 atom stereocenters. The van der Waals surface area contributed by atoms with Gasteiger partial charge in [0.1, 0.15) is 0 Å². The Balaban J connectivity index is 3.31. The van der Waals surface area contributed by atoms with Gasteiger partial charge in [-0.1, -0.05) is 0 Å².